The van der Waals surface area contributed by atoms with E-state index in [1.807, 2.05) is 0 Å². The summed E-state index contributed by atoms with van der Waals surface area (Å²) in [7, 11) is 1.53. The third-order valence-corrected chi connectivity index (χ3v) is 1.55. The van der Waals surface area contributed by atoms with E-state index in [1.54, 1.807) is 0 Å². The molecule has 0 aromatic rings. The maximum absolute atomic E-state index is 10.9. The molecule has 4 heteroatoms. The van der Waals surface area contributed by atoms with Crippen LogP contribution in [0, 0.1) is 5.92 Å². The van der Waals surface area contributed by atoms with Crippen molar-refractivity contribution in [2.45, 2.75) is 26.7 Å². The van der Waals surface area contributed by atoms with Gasteiger partial charge in [0, 0.05) is 13.6 Å². The Kier molecular flexibility index (Phi) is 5.45. The van der Waals surface area contributed by atoms with Gasteiger partial charge in [-0.3, -0.25) is 5.01 Å². The molecule has 0 atom stereocenters. The number of rotatable bonds is 4. The molecule has 0 heterocycles. The maximum atomic E-state index is 10.9. The molecule has 12 heavy (non-hydrogen) atoms. The molecule has 0 bridgehead atoms. The first kappa shape index (κ1) is 11.2. The minimum Gasteiger partial charge on any atom is -0.337 e. The van der Waals surface area contributed by atoms with Gasteiger partial charge in [-0.05, 0) is 18.8 Å². The second-order valence-corrected chi connectivity index (χ2v) is 3.38. The van der Waals surface area contributed by atoms with Crippen LogP contribution < -0.4 is 11.2 Å². The van der Waals surface area contributed by atoms with Crippen LogP contribution in [0.15, 0.2) is 0 Å². The monoisotopic (exact) mass is 173 g/mol. The lowest BCUT2D eigenvalue weighted by Crippen LogP contribution is -2.41. The SMILES string of the molecule is CC(C)CCCNC(=O)N(C)N. The van der Waals surface area contributed by atoms with Crippen molar-refractivity contribution >= 4 is 6.03 Å². The van der Waals surface area contributed by atoms with E-state index in [0.717, 1.165) is 17.9 Å². The number of nitrogens with one attached hydrogen (secondary N) is 1. The van der Waals surface area contributed by atoms with E-state index in [2.05, 4.69) is 19.2 Å². The third kappa shape index (κ3) is 5.97. The summed E-state index contributed by atoms with van der Waals surface area (Å²) in [6.07, 6.45) is 2.14. The normalized spacial score (nSPS) is 10.1. The zero-order valence-corrected chi connectivity index (χ0v) is 8.13. The van der Waals surface area contributed by atoms with Crippen molar-refractivity contribution in [3.05, 3.63) is 0 Å². The van der Waals surface area contributed by atoms with Gasteiger partial charge in [-0.1, -0.05) is 13.8 Å². The molecule has 3 N–H and O–H groups in total. The summed E-state index contributed by atoms with van der Waals surface area (Å²) in [5.74, 6) is 5.89. The number of hydrogen-bond donors (Lipinski definition) is 2. The highest BCUT2D eigenvalue weighted by molar-refractivity contribution is 5.72. The van der Waals surface area contributed by atoms with Gasteiger partial charge in [0.15, 0.2) is 0 Å². The molecular formula is C8H19N3O. The lowest BCUT2D eigenvalue weighted by Gasteiger charge is -2.11. The van der Waals surface area contributed by atoms with Crippen LogP contribution in [0.25, 0.3) is 0 Å². The Bertz CT molecular complexity index is 134. The molecule has 0 spiro atoms. The fourth-order valence-electron chi connectivity index (χ4n) is 0.830. The third-order valence-electron chi connectivity index (χ3n) is 1.55. The zero-order chi connectivity index (χ0) is 9.56. The van der Waals surface area contributed by atoms with Crippen LogP contribution in [0.3, 0.4) is 0 Å². The van der Waals surface area contributed by atoms with Crippen LogP contribution in [0.1, 0.15) is 26.7 Å². The van der Waals surface area contributed by atoms with E-state index >= 15 is 0 Å². The standard InChI is InChI=1S/C8H19N3O/c1-7(2)5-4-6-10-8(12)11(3)9/h7H,4-6,9H2,1-3H3,(H,10,12). The largest absolute Gasteiger partial charge is 0.337 e. The average Bonchev–Trinajstić information content (AvgIpc) is 1.97. The lowest BCUT2D eigenvalue weighted by molar-refractivity contribution is 0.209. The summed E-state index contributed by atoms with van der Waals surface area (Å²) in [5.41, 5.74) is 0. The summed E-state index contributed by atoms with van der Waals surface area (Å²) in [5, 5.41) is 3.75. The van der Waals surface area contributed by atoms with Gasteiger partial charge in [0.1, 0.15) is 0 Å². The maximum Gasteiger partial charge on any atom is 0.331 e. The van der Waals surface area contributed by atoms with Crippen LogP contribution in [-0.4, -0.2) is 24.6 Å². The first-order chi connectivity index (χ1) is 5.54. The molecule has 0 fully saturated rings. The molecule has 0 aromatic heterocycles. The molecule has 0 radical (unpaired) electrons. The molecule has 0 aromatic carbocycles. The minimum absolute atomic E-state index is 0.223. The van der Waals surface area contributed by atoms with Gasteiger partial charge in [-0.15, -0.1) is 0 Å². The highest BCUT2D eigenvalue weighted by atomic mass is 16.2. The van der Waals surface area contributed by atoms with Crippen molar-refractivity contribution in [1.82, 2.24) is 10.3 Å². The summed E-state index contributed by atoms with van der Waals surface area (Å²) < 4.78 is 0. The quantitative estimate of drug-likeness (QED) is 0.288. The number of nitrogens with zero attached hydrogens (tertiary/aromatic N) is 1. The predicted molar refractivity (Wildman–Crippen MR) is 49.4 cm³/mol. The topological polar surface area (TPSA) is 58.4 Å². The summed E-state index contributed by atoms with van der Waals surface area (Å²) in [6.45, 7) is 5.03. The molecule has 0 unspecified atom stereocenters. The first-order valence-electron chi connectivity index (χ1n) is 4.30. The fraction of sp³-hybridized carbons (Fsp3) is 0.875. The van der Waals surface area contributed by atoms with Crippen LogP contribution in [0.4, 0.5) is 4.79 Å². The van der Waals surface area contributed by atoms with Crippen molar-refractivity contribution < 1.29 is 4.79 Å². The number of amides is 2. The van der Waals surface area contributed by atoms with Gasteiger partial charge in [0.2, 0.25) is 0 Å². The van der Waals surface area contributed by atoms with Crippen molar-refractivity contribution in [1.29, 1.82) is 0 Å². The summed E-state index contributed by atoms with van der Waals surface area (Å²) in [4.78, 5) is 10.9. The van der Waals surface area contributed by atoms with Crippen molar-refractivity contribution in [3.8, 4) is 0 Å². The minimum atomic E-state index is -0.223. The molecule has 0 saturated carbocycles. The molecular weight excluding hydrogens is 154 g/mol. The highest BCUT2D eigenvalue weighted by Gasteiger charge is 2.01. The Hall–Kier alpha value is -0.770. The van der Waals surface area contributed by atoms with Crippen molar-refractivity contribution in [3.63, 3.8) is 0 Å². The second-order valence-electron chi connectivity index (χ2n) is 3.38. The molecule has 0 rings (SSSR count). The second kappa shape index (κ2) is 5.83. The van der Waals surface area contributed by atoms with E-state index in [9.17, 15) is 4.79 Å². The van der Waals surface area contributed by atoms with Gasteiger partial charge >= 0.3 is 6.03 Å². The summed E-state index contributed by atoms with van der Waals surface area (Å²) in [6, 6.07) is -0.223. The zero-order valence-electron chi connectivity index (χ0n) is 8.13. The number of carbonyl (C=O) groups is 1. The lowest BCUT2D eigenvalue weighted by atomic mass is 10.1. The van der Waals surface area contributed by atoms with Gasteiger partial charge in [0.05, 0.1) is 0 Å². The highest BCUT2D eigenvalue weighted by Crippen LogP contribution is 2.01. The fourth-order valence-corrected chi connectivity index (χ4v) is 0.830. The van der Waals surface area contributed by atoms with E-state index < -0.39 is 0 Å². The van der Waals surface area contributed by atoms with Crippen LogP contribution >= 0.6 is 0 Å². The van der Waals surface area contributed by atoms with Gasteiger partial charge in [0.25, 0.3) is 0 Å². The molecule has 4 nitrogen and oxygen atoms in total. The average molecular weight is 173 g/mol. The van der Waals surface area contributed by atoms with E-state index in [-0.39, 0.29) is 6.03 Å². The number of hydrogen-bond acceptors (Lipinski definition) is 2. The Morgan fingerprint density at radius 1 is 1.58 bits per heavy atom. The number of nitrogens with two attached hydrogens (primary N) is 1. The van der Waals surface area contributed by atoms with Gasteiger partial charge < -0.3 is 5.32 Å². The van der Waals surface area contributed by atoms with E-state index in [4.69, 9.17) is 5.84 Å². The van der Waals surface area contributed by atoms with Crippen LogP contribution in [-0.2, 0) is 0 Å². The van der Waals surface area contributed by atoms with E-state index in [0.29, 0.717) is 12.5 Å². The molecule has 0 aliphatic carbocycles. The number of urea groups is 1. The Morgan fingerprint density at radius 3 is 2.58 bits per heavy atom. The number of carbonyl (C=O) groups excluding carboxylic acids is 1. The van der Waals surface area contributed by atoms with Crippen molar-refractivity contribution in [2.24, 2.45) is 11.8 Å². The smallest absolute Gasteiger partial charge is 0.331 e. The van der Waals surface area contributed by atoms with Crippen LogP contribution in [0.2, 0.25) is 0 Å². The van der Waals surface area contributed by atoms with Gasteiger partial charge in [-0.2, -0.15) is 0 Å². The first-order valence-corrected chi connectivity index (χ1v) is 4.30. The molecule has 0 aliphatic rings. The Labute approximate surface area is 74.1 Å². The van der Waals surface area contributed by atoms with Crippen LogP contribution in [0.5, 0.6) is 0 Å². The molecule has 0 aliphatic heterocycles. The molecule has 2 amide bonds. The molecule has 0 saturated heterocycles. The Morgan fingerprint density at radius 2 is 2.17 bits per heavy atom. The Balaban J connectivity index is 3.26. The van der Waals surface area contributed by atoms with Crippen molar-refractivity contribution in [2.75, 3.05) is 13.6 Å². The predicted octanol–water partition coefficient (Wildman–Crippen LogP) is 0.938. The van der Waals surface area contributed by atoms with Gasteiger partial charge in [-0.25, -0.2) is 10.6 Å². The molecule has 72 valence electrons. The van der Waals surface area contributed by atoms with E-state index in [1.165, 1.54) is 7.05 Å². The summed E-state index contributed by atoms with van der Waals surface area (Å²) >= 11 is 0. The number of hydrazine groups is 1.